The lowest BCUT2D eigenvalue weighted by atomic mass is 9.74. The molecule has 5 nitrogen and oxygen atoms in total. The van der Waals surface area contributed by atoms with Crippen LogP contribution >= 0.6 is 0 Å². The Bertz CT molecular complexity index is 1400. The van der Waals surface area contributed by atoms with Crippen LogP contribution in [-0.4, -0.2) is 41.5 Å². The second-order valence-electron chi connectivity index (χ2n) is 11.7. The molecule has 0 bridgehead atoms. The van der Waals surface area contributed by atoms with E-state index in [0.717, 1.165) is 54.6 Å². The molecule has 2 aliphatic rings. The predicted molar refractivity (Wildman–Crippen MR) is 160 cm³/mol. The fraction of sp³-hybridized carbons (Fsp3) is 0.424. The number of imidazole rings is 1. The van der Waals surface area contributed by atoms with E-state index >= 15 is 0 Å². The molecule has 4 aromatic rings. The molecule has 1 atom stereocenters. The van der Waals surface area contributed by atoms with E-state index in [-0.39, 0.29) is 5.41 Å². The number of benzene rings is 3. The minimum absolute atomic E-state index is 0.223. The summed E-state index contributed by atoms with van der Waals surface area (Å²) in [5.41, 5.74) is 8.86. The van der Waals surface area contributed by atoms with Crippen molar-refractivity contribution in [2.24, 2.45) is 5.92 Å². The van der Waals surface area contributed by atoms with Gasteiger partial charge in [0, 0.05) is 17.6 Å². The molecule has 3 aromatic carbocycles. The van der Waals surface area contributed by atoms with Gasteiger partial charge in [0.05, 0.1) is 22.4 Å². The van der Waals surface area contributed by atoms with Crippen molar-refractivity contribution in [2.45, 2.75) is 57.8 Å². The fourth-order valence-corrected chi connectivity index (χ4v) is 6.58. The maximum atomic E-state index is 4.89. The second kappa shape index (κ2) is 10.5. The Kier molecular flexibility index (Phi) is 6.87. The standard InChI is InChI=1S/C33H41N5/c1-4-9-24(2)14-15-25-16-17-27-29(22-25)36-32(34-27)35-28-11-6-8-13-31(28)38-23-33(18-20-37(3)21-19-33)26-10-5-7-12-30(26)38/h5-8,10-13,16-17,22,24H,4,9,14-15,18-21,23H2,1-3H3,(H2,34,35,36). The number of nitrogens with one attached hydrogen (secondary N) is 2. The largest absolute Gasteiger partial charge is 0.339 e. The number of aromatic amines is 1. The molecule has 1 fully saturated rings. The first-order valence-corrected chi connectivity index (χ1v) is 14.4. The molecule has 1 aromatic heterocycles. The topological polar surface area (TPSA) is 47.2 Å². The minimum atomic E-state index is 0.223. The zero-order valence-corrected chi connectivity index (χ0v) is 23.1. The second-order valence-corrected chi connectivity index (χ2v) is 11.7. The smallest absolute Gasteiger partial charge is 0.205 e. The van der Waals surface area contributed by atoms with E-state index in [2.05, 4.69) is 108 Å². The Hall–Kier alpha value is -3.31. The van der Waals surface area contributed by atoms with Crippen LogP contribution in [0, 0.1) is 5.92 Å². The number of aromatic nitrogens is 2. The number of piperidine rings is 1. The van der Waals surface area contributed by atoms with Gasteiger partial charge in [-0.3, -0.25) is 0 Å². The van der Waals surface area contributed by atoms with Crippen LogP contribution < -0.4 is 10.2 Å². The predicted octanol–water partition coefficient (Wildman–Crippen LogP) is 7.79. The first kappa shape index (κ1) is 25.0. The van der Waals surface area contributed by atoms with Crippen LogP contribution in [0.5, 0.6) is 0 Å². The molecule has 198 valence electrons. The van der Waals surface area contributed by atoms with Crippen molar-refractivity contribution in [1.29, 1.82) is 0 Å². The zero-order chi connectivity index (χ0) is 26.1. The van der Waals surface area contributed by atoms with E-state index in [9.17, 15) is 0 Å². The number of nitrogens with zero attached hydrogens (tertiary/aromatic N) is 3. The summed E-state index contributed by atoms with van der Waals surface area (Å²) >= 11 is 0. The van der Waals surface area contributed by atoms with Crippen LogP contribution in [0.1, 0.15) is 57.1 Å². The molecule has 1 spiro atoms. The van der Waals surface area contributed by atoms with E-state index in [4.69, 9.17) is 4.98 Å². The number of hydrogen-bond acceptors (Lipinski definition) is 4. The number of H-pyrrole nitrogens is 1. The third-order valence-corrected chi connectivity index (χ3v) is 8.87. The normalized spacial score (nSPS) is 17.7. The molecule has 3 heterocycles. The summed E-state index contributed by atoms with van der Waals surface area (Å²) in [7, 11) is 2.24. The summed E-state index contributed by atoms with van der Waals surface area (Å²) in [4.78, 5) is 13.4. The Labute approximate surface area is 227 Å². The Morgan fingerprint density at radius 3 is 2.55 bits per heavy atom. The number of rotatable bonds is 8. The summed E-state index contributed by atoms with van der Waals surface area (Å²) in [5, 5.41) is 3.64. The molecule has 0 amide bonds. The van der Waals surface area contributed by atoms with Crippen molar-refractivity contribution in [2.75, 3.05) is 36.9 Å². The van der Waals surface area contributed by atoms with Crippen LogP contribution in [0.3, 0.4) is 0 Å². The SMILES string of the molecule is CCCC(C)CCc1ccc2nc(Nc3ccccc3N3CC4(CCN(C)CC4)c4ccccc43)[nH]c2c1. The first-order chi connectivity index (χ1) is 18.5. The molecule has 0 saturated carbocycles. The number of likely N-dealkylation sites (tertiary alicyclic amines) is 1. The van der Waals surface area contributed by atoms with Gasteiger partial charge in [0.2, 0.25) is 5.95 Å². The number of fused-ring (bicyclic) bond motifs is 3. The Balaban J connectivity index is 1.26. The molecular weight excluding hydrogens is 466 g/mol. The maximum Gasteiger partial charge on any atom is 0.205 e. The lowest BCUT2D eigenvalue weighted by Gasteiger charge is -2.38. The molecule has 1 unspecified atom stereocenters. The monoisotopic (exact) mass is 507 g/mol. The van der Waals surface area contributed by atoms with Gasteiger partial charge in [0.25, 0.3) is 0 Å². The molecule has 0 aliphatic carbocycles. The van der Waals surface area contributed by atoms with Crippen LogP contribution in [0.4, 0.5) is 23.0 Å². The highest BCUT2D eigenvalue weighted by atomic mass is 15.2. The lowest BCUT2D eigenvalue weighted by Crippen LogP contribution is -2.43. The van der Waals surface area contributed by atoms with Crippen molar-refractivity contribution >= 4 is 34.0 Å². The van der Waals surface area contributed by atoms with Gasteiger partial charge in [-0.15, -0.1) is 0 Å². The van der Waals surface area contributed by atoms with Gasteiger partial charge in [0.1, 0.15) is 0 Å². The van der Waals surface area contributed by atoms with Crippen molar-refractivity contribution in [3.8, 4) is 0 Å². The van der Waals surface area contributed by atoms with Gasteiger partial charge in [0.15, 0.2) is 0 Å². The molecule has 5 heteroatoms. The molecule has 2 N–H and O–H groups in total. The quantitative estimate of drug-likeness (QED) is 0.255. The lowest BCUT2D eigenvalue weighted by molar-refractivity contribution is 0.198. The number of anilines is 4. The van der Waals surface area contributed by atoms with E-state index in [1.54, 1.807) is 0 Å². The van der Waals surface area contributed by atoms with Crippen LogP contribution in [-0.2, 0) is 11.8 Å². The summed E-state index contributed by atoms with van der Waals surface area (Å²) in [5.74, 6) is 1.57. The molecule has 38 heavy (non-hydrogen) atoms. The van der Waals surface area contributed by atoms with Gasteiger partial charge in [-0.25, -0.2) is 4.98 Å². The summed E-state index contributed by atoms with van der Waals surface area (Å²) in [6, 6.07) is 24.4. The van der Waals surface area contributed by atoms with E-state index in [1.165, 1.54) is 54.6 Å². The van der Waals surface area contributed by atoms with E-state index in [1.807, 2.05) is 0 Å². The Morgan fingerprint density at radius 1 is 0.974 bits per heavy atom. The highest BCUT2D eigenvalue weighted by molar-refractivity contribution is 5.84. The molecule has 1 saturated heterocycles. The van der Waals surface area contributed by atoms with Crippen LogP contribution in [0.25, 0.3) is 11.0 Å². The van der Waals surface area contributed by atoms with Crippen LogP contribution in [0.2, 0.25) is 0 Å². The Morgan fingerprint density at radius 2 is 1.74 bits per heavy atom. The molecule has 6 rings (SSSR count). The van der Waals surface area contributed by atoms with E-state index < -0.39 is 0 Å². The van der Waals surface area contributed by atoms with Gasteiger partial charge >= 0.3 is 0 Å². The van der Waals surface area contributed by atoms with Crippen LogP contribution in [0.15, 0.2) is 66.7 Å². The zero-order valence-electron chi connectivity index (χ0n) is 23.1. The highest BCUT2D eigenvalue weighted by Gasteiger charge is 2.44. The number of para-hydroxylation sites is 3. The van der Waals surface area contributed by atoms with Crippen molar-refractivity contribution < 1.29 is 0 Å². The third kappa shape index (κ3) is 4.80. The fourth-order valence-electron chi connectivity index (χ4n) is 6.58. The molecule has 0 radical (unpaired) electrons. The maximum absolute atomic E-state index is 4.89. The van der Waals surface area contributed by atoms with Gasteiger partial charge in [-0.05, 0) is 93.2 Å². The van der Waals surface area contributed by atoms with Crippen molar-refractivity contribution in [3.63, 3.8) is 0 Å². The average Bonchev–Trinajstić information content (AvgIpc) is 3.48. The summed E-state index contributed by atoms with van der Waals surface area (Å²) in [6.07, 6.45) is 7.33. The number of aryl methyl sites for hydroxylation is 1. The summed E-state index contributed by atoms with van der Waals surface area (Å²) < 4.78 is 0. The minimum Gasteiger partial charge on any atom is -0.339 e. The number of hydrogen-bond donors (Lipinski definition) is 2. The van der Waals surface area contributed by atoms with Crippen molar-refractivity contribution in [1.82, 2.24) is 14.9 Å². The van der Waals surface area contributed by atoms with Gasteiger partial charge in [-0.2, -0.15) is 0 Å². The van der Waals surface area contributed by atoms with E-state index in [0.29, 0.717) is 0 Å². The highest BCUT2D eigenvalue weighted by Crippen LogP contribution is 2.50. The van der Waals surface area contributed by atoms with Gasteiger partial charge < -0.3 is 20.1 Å². The van der Waals surface area contributed by atoms with Crippen molar-refractivity contribution in [3.05, 3.63) is 77.9 Å². The van der Waals surface area contributed by atoms with Gasteiger partial charge in [-0.1, -0.05) is 63.1 Å². The first-order valence-electron chi connectivity index (χ1n) is 14.4. The summed E-state index contributed by atoms with van der Waals surface area (Å²) in [6.45, 7) is 7.97. The molecule has 2 aliphatic heterocycles. The third-order valence-electron chi connectivity index (χ3n) is 8.87. The molecular formula is C33H41N5. The average molecular weight is 508 g/mol.